The van der Waals surface area contributed by atoms with Gasteiger partial charge in [0.05, 0.1) is 18.9 Å². The summed E-state index contributed by atoms with van der Waals surface area (Å²) in [5, 5.41) is 7.28. The molecule has 0 saturated heterocycles. The molecule has 2 N–H and O–H groups in total. The molecule has 0 aliphatic heterocycles. The highest BCUT2D eigenvalue weighted by Gasteiger charge is 2.10. The van der Waals surface area contributed by atoms with E-state index in [9.17, 15) is 4.79 Å². The van der Waals surface area contributed by atoms with Crippen LogP contribution in [0.1, 0.15) is 18.2 Å². The predicted molar refractivity (Wildman–Crippen MR) is 81.4 cm³/mol. The first-order valence-corrected chi connectivity index (χ1v) is 7.28. The lowest BCUT2D eigenvalue weighted by Gasteiger charge is -2.08. The summed E-state index contributed by atoms with van der Waals surface area (Å²) in [5.41, 5.74) is 0. The maximum absolute atomic E-state index is 11.1. The van der Waals surface area contributed by atoms with Gasteiger partial charge in [0.25, 0.3) is 0 Å². The van der Waals surface area contributed by atoms with Gasteiger partial charge in [-0.25, -0.2) is 4.98 Å². The summed E-state index contributed by atoms with van der Waals surface area (Å²) in [7, 11) is 1.39. The van der Waals surface area contributed by atoms with Gasteiger partial charge < -0.3 is 15.4 Å². The fourth-order valence-corrected chi connectivity index (χ4v) is 2.68. The predicted octanol–water partition coefficient (Wildman–Crippen LogP) is 2.41. The van der Waals surface area contributed by atoms with Gasteiger partial charge in [0.2, 0.25) is 5.95 Å². The van der Waals surface area contributed by atoms with E-state index in [2.05, 4.69) is 31.4 Å². The lowest BCUT2D eigenvalue weighted by Crippen LogP contribution is -2.12. The zero-order valence-corrected chi connectivity index (χ0v) is 12.6. The van der Waals surface area contributed by atoms with E-state index in [0.717, 1.165) is 22.6 Å². The second-order valence-corrected chi connectivity index (χ2v) is 5.49. The van der Waals surface area contributed by atoms with Crippen molar-refractivity contribution in [2.75, 3.05) is 30.8 Å². The molecule has 0 fully saturated rings. The molecule has 0 radical (unpaired) electrons. The molecule has 0 amide bonds. The molecule has 2 aromatic rings. The first-order valence-electron chi connectivity index (χ1n) is 6.46. The topological polar surface area (TPSA) is 76.1 Å². The Morgan fingerprint density at radius 3 is 2.90 bits per heavy atom. The van der Waals surface area contributed by atoms with Crippen LogP contribution in [0.5, 0.6) is 0 Å². The van der Waals surface area contributed by atoms with Crippen LogP contribution in [0.4, 0.5) is 11.8 Å². The highest BCUT2D eigenvalue weighted by Crippen LogP contribution is 2.29. The summed E-state index contributed by atoms with van der Waals surface area (Å²) >= 11 is 1.63. The van der Waals surface area contributed by atoms with Crippen molar-refractivity contribution in [3.8, 4) is 0 Å². The van der Waals surface area contributed by atoms with E-state index in [1.165, 1.54) is 12.0 Å². The summed E-state index contributed by atoms with van der Waals surface area (Å²) in [6.45, 7) is 5.28. The monoisotopic (exact) mass is 294 g/mol. The van der Waals surface area contributed by atoms with E-state index in [0.29, 0.717) is 18.9 Å². The van der Waals surface area contributed by atoms with Crippen molar-refractivity contribution in [1.82, 2.24) is 9.97 Å². The van der Waals surface area contributed by atoms with Gasteiger partial charge in [-0.05, 0) is 19.9 Å². The number of nitrogens with zero attached hydrogens (tertiary/aromatic N) is 2. The molecule has 7 heteroatoms. The van der Waals surface area contributed by atoms with E-state index in [4.69, 9.17) is 0 Å². The van der Waals surface area contributed by atoms with Crippen LogP contribution in [0, 0.1) is 6.92 Å². The normalized spacial score (nSPS) is 10.6. The highest BCUT2D eigenvalue weighted by atomic mass is 32.1. The lowest BCUT2D eigenvalue weighted by molar-refractivity contribution is -0.140. The van der Waals surface area contributed by atoms with Gasteiger partial charge in [-0.3, -0.25) is 4.79 Å². The average Bonchev–Trinajstić information content (AvgIpc) is 2.79. The first kappa shape index (κ1) is 14.5. The number of ether oxygens (including phenoxy) is 1. The van der Waals surface area contributed by atoms with Crippen molar-refractivity contribution in [3.05, 3.63) is 10.9 Å². The van der Waals surface area contributed by atoms with E-state index in [1.807, 2.05) is 13.8 Å². The summed E-state index contributed by atoms with van der Waals surface area (Å²) < 4.78 is 4.62. The lowest BCUT2D eigenvalue weighted by atomic mass is 10.3. The number of esters is 1. The minimum absolute atomic E-state index is 0.240. The van der Waals surface area contributed by atoms with Crippen molar-refractivity contribution >= 4 is 39.3 Å². The standard InChI is InChI=1S/C13H18N4O2S/c1-4-14-13-16-11(15-6-5-10(18)19-3)9-7-8(2)20-12(9)17-13/h7H,4-6H2,1-3H3,(H2,14,15,16,17). The molecular weight excluding hydrogens is 276 g/mol. The van der Waals surface area contributed by atoms with Gasteiger partial charge in [0, 0.05) is 18.0 Å². The van der Waals surface area contributed by atoms with Crippen LogP contribution in [-0.4, -0.2) is 36.1 Å². The molecule has 0 bridgehead atoms. The van der Waals surface area contributed by atoms with Gasteiger partial charge >= 0.3 is 5.97 Å². The summed E-state index contributed by atoms with van der Waals surface area (Å²) in [6.07, 6.45) is 0.307. The van der Waals surface area contributed by atoms with Crippen LogP contribution in [0.25, 0.3) is 10.2 Å². The van der Waals surface area contributed by atoms with Crippen LogP contribution in [0.2, 0.25) is 0 Å². The molecule has 0 aliphatic rings. The highest BCUT2D eigenvalue weighted by molar-refractivity contribution is 7.18. The fourth-order valence-electron chi connectivity index (χ4n) is 1.80. The Morgan fingerprint density at radius 1 is 1.40 bits per heavy atom. The number of aromatic nitrogens is 2. The van der Waals surface area contributed by atoms with E-state index < -0.39 is 0 Å². The van der Waals surface area contributed by atoms with Gasteiger partial charge in [0.15, 0.2) is 0 Å². The molecule has 0 spiro atoms. The zero-order chi connectivity index (χ0) is 14.5. The van der Waals surface area contributed by atoms with Crippen molar-refractivity contribution in [1.29, 1.82) is 0 Å². The second-order valence-electron chi connectivity index (χ2n) is 4.25. The number of carbonyl (C=O) groups is 1. The summed E-state index contributed by atoms with van der Waals surface area (Å²) in [5.74, 6) is 1.11. The van der Waals surface area contributed by atoms with Crippen LogP contribution in [0.3, 0.4) is 0 Å². The van der Waals surface area contributed by atoms with Crippen molar-refractivity contribution in [3.63, 3.8) is 0 Å². The molecule has 20 heavy (non-hydrogen) atoms. The molecule has 0 aromatic carbocycles. The maximum Gasteiger partial charge on any atom is 0.307 e. The summed E-state index contributed by atoms with van der Waals surface area (Å²) in [4.78, 5) is 22.2. The minimum Gasteiger partial charge on any atom is -0.469 e. The third-order valence-corrected chi connectivity index (χ3v) is 3.64. The summed E-state index contributed by atoms with van der Waals surface area (Å²) in [6, 6.07) is 2.05. The number of aryl methyl sites for hydroxylation is 1. The number of thiophene rings is 1. The van der Waals surface area contributed by atoms with Crippen molar-refractivity contribution in [2.45, 2.75) is 20.3 Å². The largest absolute Gasteiger partial charge is 0.469 e. The Balaban J connectivity index is 2.22. The van der Waals surface area contributed by atoms with Crippen LogP contribution in [-0.2, 0) is 9.53 Å². The Bertz CT molecular complexity index is 612. The third-order valence-electron chi connectivity index (χ3n) is 2.70. The number of hydrogen-bond donors (Lipinski definition) is 2. The Kier molecular flexibility index (Phi) is 4.73. The van der Waals surface area contributed by atoms with Gasteiger partial charge in [-0.15, -0.1) is 11.3 Å². The Labute approximate surface area is 121 Å². The van der Waals surface area contributed by atoms with Gasteiger partial charge in [-0.1, -0.05) is 0 Å². The van der Waals surface area contributed by atoms with Gasteiger partial charge in [0.1, 0.15) is 10.6 Å². The Hall–Kier alpha value is -1.89. The second kappa shape index (κ2) is 6.51. The van der Waals surface area contributed by atoms with Crippen LogP contribution >= 0.6 is 11.3 Å². The molecule has 6 nitrogen and oxygen atoms in total. The number of hydrogen-bond acceptors (Lipinski definition) is 7. The molecule has 0 unspecified atom stereocenters. The number of nitrogens with one attached hydrogen (secondary N) is 2. The fraction of sp³-hybridized carbons (Fsp3) is 0.462. The van der Waals surface area contributed by atoms with E-state index >= 15 is 0 Å². The minimum atomic E-state index is -0.240. The molecule has 0 atom stereocenters. The molecule has 2 heterocycles. The zero-order valence-electron chi connectivity index (χ0n) is 11.8. The van der Waals surface area contributed by atoms with Crippen LogP contribution in [0.15, 0.2) is 6.07 Å². The number of carbonyl (C=O) groups excluding carboxylic acids is 1. The maximum atomic E-state index is 11.1. The molecule has 0 saturated carbocycles. The quantitative estimate of drug-likeness (QED) is 0.797. The molecule has 2 rings (SSSR count). The number of fused-ring (bicyclic) bond motifs is 1. The smallest absolute Gasteiger partial charge is 0.307 e. The van der Waals surface area contributed by atoms with Crippen molar-refractivity contribution < 1.29 is 9.53 Å². The van der Waals surface area contributed by atoms with E-state index in [-0.39, 0.29) is 5.97 Å². The number of rotatable bonds is 6. The number of anilines is 2. The molecular formula is C13H18N4O2S. The average molecular weight is 294 g/mol. The van der Waals surface area contributed by atoms with Gasteiger partial charge in [-0.2, -0.15) is 4.98 Å². The number of methoxy groups -OCH3 is 1. The molecule has 2 aromatic heterocycles. The third kappa shape index (κ3) is 3.36. The van der Waals surface area contributed by atoms with Crippen molar-refractivity contribution in [2.24, 2.45) is 0 Å². The first-order chi connectivity index (χ1) is 9.63. The Morgan fingerprint density at radius 2 is 2.20 bits per heavy atom. The SMILES string of the molecule is CCNc1nc(NCCC(=O)OC)c2cc(C)sc2n1. The molecule has 108 valence electrons. The van der Waals surface area contributed by atoms with Crippen LogP contribution < -0.4 is 10.6 Å². The van der Waals surface area contributed by atoms with E-state index in [1.54, 1.807) is 11.3 Å². The molecule has 0 aliphatic carbocycles.